The molecule has 4 saturated carbocycles. The Morgan fingerprint density at radius 3 is 2.48 bits per heavy atom. The minimum Gasteiger partial charge on any atom is -0.443 e. The molecule has 0 radical (unpaired) electrons. The van der Waals surface area contributed by atoms with Crippen LogP contribution >= 0.6 is 0 Å². The summed E-state index contributed by atoms with van der Waals surface area (Å²) in [5.41, 5.74) is 3.06. The van der Waals surface area contributed by atoms with Gasteiger partial charge in [-0.1, -0.05) is 0 Å². The van der Waals surface area contributed by atoms with Gasteiger partial charge in [0.15, 0.2) is 6.29 Å². The number of anilines is 1. The summed E-state index contributed by atoms with van der Waals surface area (Å²) in [5, 5.41) is 0. The summed E-state index contributed by atoms with van der Waals surface area (Å²) in [6.07, 6.45) is 16.3. The van der Waals surface area contributed by atoms with Gasteiger partial charge < -0.3 is 14.4 Å². The summed E-state index contributed by atoms with van der Waals surface area (Å²) in [4.78, 5) is 40.1. The lowest BCUT2D eigenvalue weighted by Gasteiger charge is -2.57. The van der Waals surface area contributed by atoms with E-state index < -0.39 is 11.9 Å². The second-order valence-corrected chi connectivity index (χ2v) is 14.6. The van der Waals surface area contributed by atoms with Gasteiger partial charge in [-0.2, -0.15) is 0 Å². The molecule has 2 amide bonds. The van der Waals surface area contributed by atoms with Crippen LogP contribution in [0.2, 0.25) is 0 Å². The number of ether oxygens (including phenoxy) is 2. The van der Waals surface area contributed by atoms with Gasteiger partial charge in [-0.15, -0.1) is 0 Å². The van der Waals surface area contributed by atoms with E-state index in [0.29, 0.717) is 17.8 Å². The van der Waals surface area contributed by atoms with Crippen LogP contribution in [0.4, 0.5) is 10.6 Å². The molecule has 9 nitrogen and oxygen atoms in total. The monoisotopic (exact) mass is 580 g/mol. The molecule has 6 fully saturated rings. The molecule has 2 aliphatic heterocycles. The number of hydrogen-bond acceptors (Lipinski definition) is 7. The molecule has 1 aromatic rings. The predicted molar refractivity (Wildman–Crippen MR) is 160 cm³/mol. The Balaban J connectivity index is 1.09. The minimum atomic E-state index is -0.604. The van der Waals surface area contributed by atoms with E-state index in [-0.39, 0.29) is 18.0 Å². The highest BCUT2D eigenvalue weighted by Gasteiger charge is 2.52. The summed E-state index contributed by atoms with van der Waals surface area (Å²) < 4.78 is 11.3. The Morgan fingerprint density at radius 1 is 1.12 bits per heavy atom. The van der Waals surface area contributed by atoms with Gasteiger partial charge in [-0.25, -0.2) is 20.1 Å². The number of likely N-dealkylation sites (tertiary alicyclic amines) is 1. The number of aromatic nitrogens is 1. The number of nitrogens with zero attached hydrogens (tertiary/aromatic N) is 3. The molecule has 230 valence electrons. The third-order valence-corrected chi connectivity index (χ3v) is 9.80. The van der Waals surface area contributed by atoms with Gasteiger partial charge in [0.2, 0.25) is 0 Å². The van der Waals surface area contributed by atoms with Crippen LogP contribution in [0, 0.1) is 23.2 Å². The summed E-state index contributed by atoms with van der Waals surface area (Å²) in [7, 11) is 0. The SMILES string of the molecule is CC(C)(C)OC(=O)N(c1ccc(/C=C/C(=O)NOC2CCCCO2)cn1)[C@@H]1CCN(CC23CC4CC(CC(C4)C2)C3)C1. The Morgan fingerprint density at radius 2 is 1.86 bits per heavy atom. The summed E-state index contributed by atoms with van der Waals surface area (Å²) in [6, 6.07) is 3.72. The number of carbonyl (C=O) groups excluding carboxylic acids is 2. The first-order valence-electron chi connectivity index (χ1n) is 16.1. The fourth-order valence-electron chi connectivity index (χ4n) is 8.64. The van der Waals surface area contributed by atoms with E-state index in [0.717, 1.165) is 68.6 Å². The van der Waals surface area contributed by atoms with E-state index in [1.807, 2.05) is 32.9 Å². The van der Waals surface area contributed by atoms with Crippen molar-refractivity contribution in [1.29, 1.82) is 0 Å². The quantitative estimate of drug-likeness (QED) is 0.311. The topological polar surface area (TPSA) is 93.2 Å². The lowest BCUT2D eigenvalue weighted by molar-refractivity contribution is -0.198. The minimum absolute atomic E-state index is 0.00703. The number of pyridine rings is 1. The number of hydrogen-bond donors (Lipinski definition) is 1. The van der Waals surface area contributed by atoms with Crippen LogP contribution in [0.25, 0.3) is 6.08 Å². The largest absolute Gasteiger partial charge is 0.443 e. The van der Waals surface area contributed by atoms with Crippen molar-refractivity contribution in [2.24, 2.45) is 23.2 Å². The van der Waals surface area contributed by atoms with Gasteiger partial charge in [0.1, 0.15) is 11.4 Å². The lowest BCUT2D eigenvalue weighted by atomic mass is 9.49. The molecule has 1 N–H and O–H groups in total. The molecule has 4 bridgehead atoms. The van der Waals surface area contributed by atoms with Crippen LogP contribution < -0.4 is 10.4 Å². The average Bonchev–Trinajstić information content (AvgIpc) is 3.37. The van der Waals surface area contributed by atoms with Crippen molar-refractivity contribution in [2.75, 3.05) is 31.1 Å². The molecule has 0 aromatic carbocycles. The van der Waals surface area contributed by atoms with Crippen molar-refractivity contribution in [3.63, 3.8) is 0 Å². The molecular formula is C33H48N4O5. The van der Waals surface area contributed by atoms with Gasteiger partial charge in [-0.3, -0.25) is 9.69 Å². The molecule has 3 heterocycles. The van der Waals surface area contributed by atoms with Gasteiger partial charge in [-0.05, 0) is 125 Å². The standard InChI is InChI=1S/C33H48N4O5/c1-32(2,3)41-31(39)37(27-11-12-36(21-27)22-33-17-24-14-25(18-33)16-26(15-24)19-33)28-9-7-23(20-34-28)8-10-29(38)35-42-30-6-4-5-13-40-30/h7-10,20,24-27,30H,4-6,11-19,21-22H2,1-3H3,(H,35,38)/b10-8+/t24?,25?,26?,27-,30?,33?/m1/s1. The zero-order valence-corrected chi connectivity index (χ0v) is 25.6. The zero-order chi connectivity index (χ0) is 29.3. The van der Waals surface area contributed by atoms with Crippen molar-refractivity contribution in [1.82, 2.24) is 15.4 Å². The Hall–Kier alpha value is -2.49. The van der Waals surface area contributed by atoms with E-state index in [1.54, 1.807) is 17.2 Å². The first-order valence-corrected chi connectivity index (χ1v) is 16.1. The number of rotatable bonds is 8. The third-order valence-electron chi connectivity index (χ3n) is 9.80. The van der Waals surface area contributed by atoms with E-state index in [9.17, 15) is 9.59 Å². The molecule has 9 heteroatoms. The fraction of sp³-hybridized carbons (Fsp3) is 0.727. The van der Waals surface area contributed by atoms with Crippen LogP contribution in [0.5, 0.6) is 0 Å². The van der Waals surface area contributed by atoms with Crippen molar-refractivity contribution in [3.05, 3.63) is 30.0 Å². The maximum atomic E-state index is 13.5. The molecule has 4 aliphatic carbocycles. The molecule has 6 aliphatic rings. The molecule has 0 spiro atoms. The normalized spacial score (nSPS) is 32.8. The van der Waals surface area contributed by atoms with Crippen molar-refractivity contribution in [2.45, 2.75) is 103 Å². The number of hydroxylamine groups is 1. The summed E-state index contributed by atoms with van der Waals surface area (Å²) in [5.74, 6) is 3.02. The van der Waals surface area contributed by atoms with Crippen molar-refractivity contribution in [3.8, 4) is 0 Å². The van der Waals surface area contributed by atoms with E-state index in [1.165, 1.54) is 44.6 Å². The highest BCUT2D eigenvalue weighted by molar-refractivity contribution is 5.91. The fourth-order valence-corrected chi connectivity index (χ4v) is 8.64. The van der Waals surface area contributed by atoms with Crippen LogP contribution in [0.3, 0.4) is 0 Å². The second-order valence-electron chi connectivity index (χ2n) is 14.6. The first-order chi connectivity index (χ1) is 20.1. The summed E-state index contributed by atoms with van der Waals surface area (Å²) >= 11 is 0. The van der Waals surface area contributed by atoms with Gasteiger partial charge in [0.05, 0.1) is 6.04 Å². The average molecular weight is 581 g/mol. The predicted octanol–water partition coefficient (Wildman–Crippen LogP) is 5.70. The molecule has 2 atom stereocenters. The molecule has 1 aromatic heterocycles. The molecule has 7 rings (SSSR count). The zero-order valence-electron chi connectivity index (χ0n) is 25.6. The molecule has 42 heavy (non-hydrogen) atoms. The van der Waals surface area contributed by atoms with E-state index >= 15 is 0 Å². The van der Waals surface area contributed by atoms with E-state index in [2.05, 4.69) is 15.4 Å². The first kappa shape index (κ1) is 29.6. The third kappa shape index (κ3) is 7.17. The Kier molecular flexibility index (Phi) is 8.63. The highest BCUT2D eigenvalue weighted by Crippen LogP contribution is 2.60. The molecule has 2 saturated heterocycles. The van der Waals surface area contributed by atoms with Crippen molar-refractivity contribution >= 4 is 23.9 Å². The summed E-state index contributed by atoms with van der Waals surface area (Å²) in [6.45, 7) is 9.33. The number of nitrogens with one attached hydrogen (secondary N) is 1. The highest BCUT2D eigenvalue weighted by atomic mass is 16.8. The number of amides is 2. The van der Waals surface area contributed by atoms with Gasteiger partial charge >= 0.3 is 6.09 Å². The smallest absolute Gasteiger partial charge is 0.416 e. The van der Waals surface area contributed by atoms with Crippen LogP contribution in [-0.4, -0.2) is 66.1 Å². The van der Waals surface area contributed by atoms with Crippen LogP contribution in [-0.2, 0) is 19.1 Å². The van der Waals surface area contributed by atoms with Crippen LogP contribution in [0.15, 0.2) is 24.4 Å². The van der Waals surface area contributed by atoms with Gasteiger partial charge in [0.25, 0.3) is 5.91 Å². The van der Waals surface area contributed by atoms with Gasteiger partial charge in [0, 0.05) is 44.9 Å². The Bertz CT molecular complexity index is 1100. The maximum absolute atomic E-state index is 13.5. The van der Waals surface area contributed by atoms with Crippen LogP contribution in [0.1, 0.15) is 90.5 Å². The molecule has 1 unspecified atom stereocenters. The van der Waals surface area contributed by atoms with E-state index in [4.69, 9.17) is 14.3 Å². The van der Waals surface area contributed by atoms with Crippen molar-refractivity contribution < 1.29 is 23.9 Å². The second kappa shape index (κ2) is 12.2. The Labute approximate surface area is 250 Å². The lowest BCUT2D eigenvalue weighted by Crippen LogP contribution is -2.51. The number of carbonyl (C=O) groups is 2. The molecular weight excluding hydrogens is 532 g/mol. The maximum Gasteiger partial charge on any atom is 0.416 e.